The summed E-state index contributed by atoms with van der Waals surface area (Å²) in [7, 11) is -3.72. The topological polar surface area (TPSA) is 86.2 Å². The van der Waals surface area contributed by atoms with Gasteiger partial charge in [0.1, 0.15) is 0 Å². The molecule has 0 atom stereocenters. The fraction of sp³-hybridized carbons (Fsp3) is 0.0769. The lowest BCUT2D eigenvalue weighted by atomic mass is 10.2. The first-order chi connectivity index (χ1) is 9.36. The molecular weight excluding hydrogens is 316 g/mol. The van der Waals surface area contributed by atoms with E-state index < -0.39 is 10.0 Å². The summed E-state index contributed by atoms with van der Waals surface area (Å²) in [6.07, 6.45) is 0. The largest absolute Gasteiger partial charge is 0.398 e. The van der Waals surface area contributed by atoms with Crippen molar-refractivity contribution in [3.63, 3.8) is 0 Å². The first-order valence-electron chi connectivity index (χ1n) is 5.66. The van der Waals surface area contributed by atoms with Crippen LogP contribution in [-0.4, -0.2) is 8.42 Å². The minimum absolute atomic E-state index is 0.0193. The number of halogens is 1. The van der Waals surface area contributed by atoms with Gasteiger partial charge in [-0.15, -0.1) is 11.8 Å². The highest BCUT2D eigenvalue weighted by atomic mass is 35.5. The second-order valence-corrected chi connectivity index (χ2v) is 7.17. The van der Waals surface area contributed by atoms with Gasteiger partial charge in [-0.25, -0.2) is 13.6 Å². The summed E-state index contributed by atoms with van der Waals surface area (Å²) in [4.78, 5) is 0.832. The molecule has 0 aromatic heterocycles. The van der Waals surface area contributed by atoms with E-state index >= 15 is 0 Å². The lowest BCUT2D eigenvalue weighted by Gasteiger charge is -2.07. The molecule has 0 bridgehead atoms. The molecule has 0 unspecified atom stereocenters. The van der Waals surface area contributed by atoms with Crippen LogP contribution < -0.4 is 10.9 Å². The van der Waals surface area contributed by atoms with Gasteiger partial charge < -0.3 is 5.73 Å². The first-order valence-corrected chi connectivity index (χ1v) is 8.57. The minimum Gasteiger partial charge on any atom is -0.398 e. The Morgan fingerprint density at radius 2 is 1.75 bits per heavy atom. The molecule has 0 amide bonds. The summed E-state index contributed by atoms with van der Waals surface area (Å²) in [5.41, 5.74) is 7.35. The van der Waals surface area contributed by atoms with E-state index in [4.69, 9.17) is 22.5 Å². The van der Waals surface area contributed by atoms with Gasteiger partial charge in [0.2, 0.25) is 10.0 Å². The molecule has 4 N–H and O–H groups in total. The van der Waals surface area contributed by atoms with E-state index in [1.807, 2.05) is 24.3 Å². The number of anilines is 1. The molecule has 0 aliphatic rings. The number of hydrogen-bond donors (Lipinski definition) is 2. The Balaban J connectivity index is 2.12. The number of primary sulfonamides is 1. The van der Waals surface area contributed by atoms with Crippen LogP contribution in [0.5, 0.6) is 0 Å². The monoisotopic (exact) mass is 328 g/mol. The van der Waals surface area contributed by atoms with Crippen LogP contribution in [0.1, 0.15) is 5.56 Å². The van der Waals surface area contributed by atoms with E-state index in [1.54, 1.807) is 6.07 Å². The van der Waals surface area contributed by atoms with Gasteiger partial charge in [-0.2, -0.15) is 0 Å². The molecule has 0 radical (unpaired) electrons. The molecule has 0 saturated carbocycles. The minimum atomic E-state index is -3.72. The zero-order valence-electron chi connectivity index (χ0n) is 10.4. The molecule has 0 fully saturated rings. The van der Waals surface area contributed by atoms with E-state index in [0.717, 1.165) is 16.2 Å². The SMILES string of the molecule is Nc1cc(S(N)(=O)=O)ccc1SCc1ccc(Cl)cc1. The van der Waals surface area contributed by atoms with Crippen molar-refractivity contribution in [2.45, 2.75) is 15.5 Å². The van der Waals surface area contributed by atoms with Crippen molar-refractivity contribution >= 4 is 39.1 Å². The summed E-state index contributed by atoms with van der Waals surface area (Å²) >= 11 is 7.34. The summed E-state index contributed by atoms with van der Waals surface area (Å²) in [6, 6.07) is 12.0. The van der Waals surface area contributed by atoms with Crippen LogP contribution in [0.3, 0.4) is 0 Å². The number of benzene rings is 2. The molecule has 2 rings (SSSR count). The average molecular weight is 329 g/mol. The van der Waals surface area contributed by atoms with Gasteiger partial charge >= 0.3 is 0 Å². The van der Waals surface area contributed by atoms with E-state index in [9.17, 15) is 8.42 Å². The van der Waals surface area contributed by atoms with Crippen molar-refractivity contribution in [1.82, 2.24) is 0 Å². The van der Waals surface area contributed by atoms with Gasteiger partial charge in [-0.3, -0.25) is 0 Å². The molecule has 4 nitrogen and oxygen atoms in total. The summed E-state index contributed by atoms with van der Waals surface area (Å²) in [6.45, 7) is 0. The molecule has 0 spiro atoms. The van der Waals surface area contributed by atoms with Crippen molar-refractivity contribution in [3.8, 4) is 0 Å². The normalized spacial score (nSPS) is 11.5. The molecule has 0 saturated heterocycles. The van der Waals surface area contributed by atoms with Crippen LogP contribution in [0.4, 0.5) is 5.69 Å². The van der Waals surface area contributed by atoms with Crippen molar-refractivity contribution in [3.05, 3.63) is 53.1 Å². The zero-order chi connectivity index (χ0) is 14.8. The Bertz CT molecular complexity index is 716. The fourth-order valence-corrected chi connectivity index (χ4v) is 3.16. The second kappa shape index (κ2) is 6.05. The van der Waals surface area contributed by atoms with Crippen molar-refractivity contribution in [2.24, 2.45) is 5.14 Å². The highest BCUT2D eigenvalue weighted by Gasteiger charge is 2.10. The standard InChI is InChI=1S/C13H13ClN2O2S2/c14-10-3-1-9(2-4-10)8-19-13-6-5-11(7-12(13)15)20(16,17)18/h1-7H,8,15H2,(H2,16,17,18). The molecule has 0 heterocycles. The van der Waals surface area contributed by atoms with Gasteiger partial charge in [-0.1, -0.05) is 23.7 Å². The second-order valence-electron chi connectivity index (χ2n) is 4.16. The average Bonchev–Trinajstić information content (AvgIpc) is 2.38. The molecule has 106 valence electrons. The van der Waals surface area contributed by atoms with Crippen molar-refractivity contribution in [1.29, 1.82) is 0 Å². The molecule has 7 heteroatoms. The van der Waals surface area contributed by atoms with Crippen LogP contribution in [-0.2, 0) is 15.8 Å². The lowest BCUT2D eigenvalue weighted by molar-refractivity contribution is 0.598. The third-order valence-electron chi connectivity index (χ3n) is 2.62. The molecule has 0 aliphatic carbocycles. The highest BCUT2D eigenvalue weighted by molar-refractivity contribution is 7.98. The molecule has 2 aromatic carbocycles. The van der Waals surface area contributed by atoms with E-state index in [1.165, 1.54) is 23.9 Å². The van der Waals surface area contributed by atoms with E-state index in [0.29, 0.717) is 10.7 Å². The van der Waals surface area contributed by atoms with Crippen molar-refractivity contribution < 1.29 is 8.42 Å². The predicted molar refractivity (Wildman–Crippen MR) is 83.2 cm³/mol. The maximum absolute atomic E-state index is 11.2. The lowest BCUT2D eigenvalue weighted by Crippen LogP contribution is -2.12. The van der Waals surface area contributed by atoms with Gasteiger partial charge in [-0.05, 0) is 35.9 Å². The molecule has 20 heavy (non-hydrogen) atoms. The molecule has 0 aliphatic heterocycles. The summed E-state index contributed by atoms with van der Waals surface area (Å²) < 4.78 is 22.4. The summed E-state index contributed by atoms with van der Waals surface area (Å²) in [5.74, 6) is 0.718. The van der Waals surface area contributed by atoms with Gasteiger partial charge in [0.05, 0.1) is 4.90 Å². The third kappa shape index (κ3) is 3.89. The Morgan fingerprint density at radius 1 is 1.10 bits per heavy atom. The van der Waals surface area contributed by atoms with Crippen LogP contribution in [0.25, 0.3) is 0 Å². The fourth-order valence-electron chi connectivity index (χ4n) is 1.58. The van der Waals surface area contributed by atoms with E-state index in [2.05, 4.69) is 0 Å². The quantitative estimate of drug-likeness (QED) is 0.667. The Hall–Kier alpha value is -1.21. The van der Waals surface area contributed by atoms with Gasteiger partial charge in [0.25, 0.3) is 0 Å². The molecular formula is C13H13ClN2O2S2. The van der Waals surface area contributed by atoms with Crippen molar-refractivity contribution in [2.75, 3.05) is 5.73 Å². The zero-order valence-corrected chi connectivity index (χ0v) is 12.8. The van der Waals surface area contributed by atoms with Crippen LogP contribution in [0.2, 0.25) is 5.02 Å². The number of thioether (sulfide) groups is 1. The van der Waals surface area contributed by atoms with Crippen LogP contribution in [0.15, 0.2) is 52.3 Å². The van der Waals surface area contributed by atoms with Gasteiger partial charge in [0.15, 0.2) is 0 Å². The number of nitrogen functional groups attached to an aromatic ring is 1. The number of rotatable bonds is 4. The Labute approximate surface area is 127 Å². The Morgan fingerprint density at radius 3 is 2.30 bits per heavy atom. The number of nitrogens with two attached hydrogens (primary N) is 2. The Kier molecular flexibility index (Phi) is 4.59. The maximum atomic E-state index is 11.2. The van der Waals surface area contributed by atoms with Gasteiger partial charge in [0, 0.05) is 21.4 Å². The highest BCUT2D eigenvalue weighted by Crippen LogP contribution is 2.30. The first kappa shape index (κ1) is 15.2. The number of sulfonamides is 1. The number of hydrogen-bond acceptors (Lipinski definition) is 4. The smallest absolute Gasteiger partial charge is 0.238 e. The van der Waals surface area contributed by atoms with Crippen LogP contribution >= 0.6 is 23.4 Å². The summed E-state index contributed by atoms with van der Waals surface area (Å²) in [5, 5.41) is 5.74. The van der Waals surface area contributed by atoms with E-state index in [-0.39, 0.29) is 4.90 Å². The van der Waals surface area contributed by atoms with Crippen LogP contribution in [0, 0.1) is 0 Å². The third-order valence-corrected chi connectivity index (χ3v) is 4.94. The molecule has 2 aromatic rings. The maximum Gasteiger partial charge on any atom is 0.238 e. The predicted octanol–water partition coefficient (Wildman–Crippen LogP) is 2.86.